The molecule has 0 aliphatic rings. The molecule has 26 heavy (non-hydrogen) atoms. The molecule has 0 aliphatic carbocycles. The van der Waals surface area contributed by atoms with Crippen LogP contribution in [0.2, 0.25) is 0 Å². The van der Waals surface area contributed by atoms with E-state index in [0.717, 1.165) is 12.0 Å². The van der Waals surface area contributed by atoms with Crippen molar-refractivity contribution in [3.8, 4) is 11.5 Å². The SMILES string of the molecule is CCOc1ccc(S(=O)(=O)Nc2ccccc2[C@@H](C)CC)cc1OCC. The fourth-order valence-electron chi connectivity index (χ4n) is 2.64. The van der Waals surface area contributed by atoms with Gasteiger partial charge in [0.25, 0.3) is 10.0 Å². The van der Waals surface area contributed by atoms with Gasteiger partial charge in [-0.1, -0.05) is 32.0 Å². The molecule has 2 rings (SSSR count). The lowest BCUT2D eigenvalue weighted by Crippen LogP contribution is -2.15. The summed E-state index contributed by atoms with van der Waals surface area (Å²) < 4.78 is 39.5. The molecular weight excluding hydrogens is 350 g/mol. The van der Waals surface area contributed by atoms with Crippen LogP contribution in [0.5, 0.6) is 11.5 Å². The fourth-order valence-corrected chi connectivity index (χ4v) is 3.74. The normalized spacial score (nSPS) is 12.5. The molecule has 0 saturated heterocycles. The van der Waals surface area contributed by atoms with Gasteiger partial charge < -0.3 is 9.47 Å². The Morgan fingerprint density at radius 3 is 2.27 bits per heavy atom. The lowest BCUT2D eigenvalue weighted by atomic mass is 9.97. The second kappa shape index (κ2) is 8.94. The van der Waals surface area contributed by atoms with Crippen LogP contribution >= 0.6 is 0 Å². The van der Waals surface area contributed by atoms with E-state index in [1.807, 2.05) is 32.0 Å². The minimum atomic E-state index is -3.74. The smallest absolute Gasteiger partial charge is 0.262 e. The summed E-state index contributed by atoms with van der Waals surface area (Å²) in [5.41, 5.74) is 1.59. The first-order valence-electron chi connectivity index (χ1n) is 8.94. The Kier molecular flexibility index (Phi) is 6.91. The maximum atomic E-state index is 12.9. The fraction of sp³-hybridized carbons (Fsp3) is 0.400. The Hall–Kier alpha value is -2.21. The van der Waals surface area contributed by atoms with Crippen molar-refractivity contribution in [1.29, 1.82) is 0 Å². The molecule has 0 amide bonds. The van der Waals surface area contributed by atoms with E-state index < -0.39 is 10.0 Å². The molecule has 5 nitrogen and oxygen atoms in total. The van der Waals surface area contributed by atoms with Crippen LogP contribution < -0.4 is 14.2 Å². The lowest BCUT2D eigenvalue weighted by Gasteiger charge is -2.17. The summed E-state index contributed by atoms with van der Waals surface area (Å²) in [6.07, 6.45) is 0.927. The Morgan fingerprint density at radius 2 is 1.62 bits per heavy atom. The van der Waals surface area contributed by atoms with Gasteiger partial charge in [0.1, 0.15) is 0 Å². The van der Waals surface area contributed by atoms with E-state index in [-0.39, 0.29) is 10.8 Å². The molecular formula is C20H27NO4S. The van der Waals surface area contributed by atoms with Crippen molar-refractivity contribution in [3.05, 3.63) is 48.0 Å². The van der Waals surface area contributed by atoms with Gasteiger partial charge in [-0.05, 0) is 49.9 Å². The molecule has 0 radical (unpaired) electrons. The maximum Gasteiger partial charge on any atom is 0.262 e. The van der Waals surface area contributed by atoms with Gasteiger partial charge in [-0.15, -0.1) is 0 Å². The highest BCUT2D eigenvalue weighted by Gasteiger charge is 2.20. The molecule has 0 unspecified atom stereocenters. The molecule has 0 heterocycles. The van der Waals surface area contributed by atoms with Gasteiger partial charge in [-0.25, -0.2) is 8.42 Å². The molecule has 0 bridgehead atoms. The van der Waals surface area contributed by atoms with E-state index in [1.165, 1.54) is 12.1 Å². The molecule has 0 saturated carbocycles. The lowest BCUT2D eigenvalue weighted by molar-refractivity contribution is 0.287. The maximum absolute atomic E-state index is 12.9. The Bertz CT molecular complexity index is 833. The van der Waals surface area contributed by atoms with Crippen LogP contribution in [0, 0.1) is 0 Å². The van der Waals surface area contributed by atoms with E-state index >= 15 is 0 Å². The van der Waals surface area contributed by atoms with Gasteiger partial charge in [0, 0.05) is 6.07 Å². The predicted molar refractivity (Wildman–Crippen MR) is 105 cm³/mol. The highest BCUT2D eigenvalue weighted by atomic mass is 32.2. The summed E-state index contributed by atoms with van der Waals surface area (Å²) in [4.78, 5) is 0.142. The number of para-hydroxylation sites is 1. The van der Waals surface area contributed by atoms with Crippen molar-refractivity contribution in [2.75, 3.05) is 17.9 Å². The second-order valence-corrected chi connectivity index (χ2v) is 7.66. The Labute approximate surface area is 156 Å². The summed E-state index contributed by atoms with van der Waals surface area (Å²) in [6, 6.07) is 12.2. The van der Waals surface area contributed by atoms with E-state index in [2.05, 4.69) is 18.6 Å². The molecule has 142 valence electrons. The first-order chi connectivity index (χ1) is 12.4. The highest BCUT2D eigenvalue weighted by molar-refractivity contribution is 7.92. The molecule has 0 aliphatic heterocycles. The number of benzene rings is 2. The molecule has 0 spiro atoms. The average Bonchev–Trinajstić information content (AvgIpc) is 2.63. The van der Waals surface area contributed by atoms with E-state index in [4.69, 9.17) is 9.47 Å². The quantitative estimate of drug-likeness (QED) is 0.682. The molecule has 0 aromatic heterocycles. The van der Waals surface area contributed by atoms with Crippen molar-refractivity contribution in [2.45, 2.75) is 44.9 Å². The third kappa shape index (κ3) is 4.69. The van der Waals surface area contributed by atoms with Gasteiger partial charge >= 0.3 is 0 Å². The van der Waals surface area contributed by atoms with Crippen LogP contribution in [0.25, 0.3) is 0 Å². The first-order valence-corrected chi connectivity index (χ1v) is 10.4. The number of nitrogens with one attached hydrogen (secondary N) is 1. The zero-order chi connectivity index (χ0) is 19.2. The van der Waals surface area contributed by atoms with Crippen molar-refractivity contribution in [3.63, 3.8) is 0 Å². The van der Waals surface area contributed by atoms with Crippen LogP contribution in [0.3, 0.4) is 0 Å². The number of ether oxygens (including phenoxy) is 2. The van der Waals surface area contributed by atoms with Crippen molar-refractivity contribution in [1.82, 2.24) is 0 Å². The van der Waals surface area contributed by atoms with E-state index in [0.29, 0.717) is 30.4 Å². The predicted octanol–water partition coefficient (Wildman–Crippen LogP) is 4.80. The van der Waals surface area contributed by atoms with Crippen LogP contribution in [0.1, 0.15) is 45.6 Å². The minimum absolute atomic E-state index is 0.142. The number of rotatable bonds is 9. The van der Waals surface area contributed by atoms with E-state index in [9.17, 15) is 8.42 Å². The van der Waals surface area contributed by atoms with Crippen molar-refractivity contribution < 1.29 is 17.9 Å². The third-order valence-electron chi connectivity index (χ3n) is 4.17. The number of hydrogen-bond donors (Lipinski definition) is 1. The van der Waals surface area contributed by atoms with Crippen molar-refractivity contribution in [2.24, 2.45) is 0 Å². The minimum Gasteiger partial charge on any atom is -0.490 e. The van der Waals surface area contributed by atoms with Crippen LogP contribution in [-0.2, 0) is 10.0 Å². The van der Waals surface area contributed by atoms with Gasteiger partial charge in [0.05, 0.1) is 23.8 Å². The summed E-state index contributed by atoms with van der Waals surface area (Å²) in [7, 11) is -3.74. The van der Waals surface area contributed by atoms with Crippen LogP contribution in [0.15, 0.2) is 47.4 Å². The monoisotopic (exact) mass is 377 g/mol. The average molecular weight is 378 g/mol. The standard InChI is InChI=1S/C20H27NO4S/c1-5-15(4)17-10-8-9-11-18(17)21-26(22,23)16-12-13-19(24-6-2)20(14-16)25-7-3/h8-15,21H,5-7H2,1-4H3/t15-/m0/s1. The number of hydrogen-bond acceptors (Lipinski definition) is 4. The van der Waals surface area contributed by atoms with Crippen LogP contribution in [0.4, 0.5) is 5.69 Å². The topological polar surface area (TPSA) is 64.6 Å². The zero-order valence-corrected chi connectivity index (χ0v) is 16.6. The molecule has 2 aromatic rings. The Balaban J connectivity index is 2.38. The largest absolute Gasteiger partial charge is 0.490 e. The summed E-state index contributed by atoms with van der Waals surface area (Å²) in [6.45, 7) is 8.78. The van der Waals surface area contributed by atoms with Crippen LogP contribution in [-0.4, -0.2) is 21.6 Å². The molecule has 6 heteroatoms. The molecule has 1 N–H and O–H groups in total. The second-order valence-electron chi connectivity index (χ2n) is 5.98. The number of anilines is 1. The first kappa shape index (κ1) is 20.1. The summed E-state index contributed by atoms with van der Waals surface area (Å²) >= 11 is 0. The van der Waals surface area contributed by atoms with Gasteiger partial charge in [-0.2, -0.15) is 0 Å². The van der Waals surface area contributed by atoms with Gasteiger partial charge in [0.15, 0.2) is 11.5 Å². The third-order valence-corrected chi connectivity index (χ3v) is 5.54. The highest BCUT2D eigenvalue weighted by Crippen LogP contribution is 2.32. The zero-order valence-electron chi connectivity index (χ0n) is 15.8. The van der Waals surface area contributed by atoms with Gasteiger partial charge in [0.2, 0.25) is 0 Å². The molecule has 1 atom stereocenters. The van der Waals surface area contributed by atoms with E-state index in [1.54, 1.807) is 12.1 Å². The summed E-state index contributed by atoms with van der Waals surface area (Å²) in [5, 5.41) is 0. The summed E-state index contributed by atoms with van der Waals surface area (Å²) in [5.74, 6) is 1.22. The Morgan fingerprint density at radius 1 is 0.962 bits per heavy atom. The molecule has 2 aromatic carbocycles. The van der Waals surface area contributed by atoms with Crippen molar-refractivity contribution >= 4 is 15.7 Å². The van der Waals surface area contributed by atoms with Gasteiger partial charge in [-0.3, -0.25) is 4.72 Å². The molecule has 0 fully saturated rings. The number of sulfonamides is 1.